The number of hydrogen-bond donors (Lipinski definition) is 1. The lowest BCUT2D eigenvalue weighted by atomic mass is 10.1. The second-order valence-electron chi connectivity index (χ2n) is 4.16. The van der Waals surface area contributed by atoms with Crippen LogP contribution in [0, 0.1) is 6.92 Å². The molecule has 0 heterocycles. The number of rotatable bonds is 3. The normalized spacial score (nSPS) is 10.1. The summed E-state index contributed by atoms with van der Waals surface area (Å²) in [5, 5.41) is 10.6. The molecule has 98 valence electrons. The number of aryl methyl sites for hydroxylation is 1. The van der Waals surface area contributed by atoms with E-state index in [1.807, 2.05) is 13.0 Å². The Labute approximate surface area is 111 Å². The lowest BCUT2D eigenvalue weighted by molar-refractivity contribution is 0.0851. The summed E-state index contributed by atoms with van der Waals surface area (Å²) in [6.07, 6.45) is 0. The van der Waals surface area contributed by atoms with Gasteiger partial charge in [-0.05, 0) is 36.8 Å². The highest BCUT2D eigenvalue weighted by Crippen LogP contribution is 2.22. The highest BCUT2D eigenvalue weighted by Gasteiger charge is 2.19. The fourth-order valence-corrected chi connectivity index (χ4v) is 1.81. The average Bonchev–Trinajstić information content (AvgIpc) is 2.45. The van der Waals surface area contributed by atoms with Gasteiger partial charge in [-0.2, -0.15) is 5.06 Å². The van der Waals surface area contributed by atoms with E-state index >= 15 is 0 Å². The number of para-hydroxylation sites is 1. The fourth-order valence-electron chi connectivity index (χ4n) is 1.81. The minimum atomic E-state index is -0.525. The van der Waals surface area contributed by atoms with Gasteiger partial charge in [0.1, 0.15) is 5.75 Å². The third-order valence-corrected chi connectivity index (χ3v) is 2.78. The van der Waals surface area contributed by atoms with E-state index < -0.39 is 5.91 Å². The van der Waals surface area contributed by atoms with Gasteiger partial charge in [-0.1, -0.05) is 24.3 Å². The molecule has 0 aliphatic carbocycles. The van der Waals surface area contributed by atoms with Crippen molar-refractivity contribution in [1.29, 1.82) is 0 Å². The Bertz CT molecular complexity index is 595. The van der Waals surface area contributed by atoms with Crippen LogP contribution in [0.25, 0.3) is 0 Å². The van der Waals surface area contributed by atoms with E-state index in [-0.39, 0.29) is 0 Å². The molecular weight excluding hydrogens is 242 g/mol. The summed E-state index contributed by atoms with van der Waals surface area (Å²) in [6, 6.07) is 13.9. The van der Waals surface area contributed by atoms with Crippen LogP contribution in [0.3, 0.4) is 0 Å². The Kier molecular flexibility index (Phi) is 3.82. The van der Waals surface area contributed by atoms with Crippen LogP contribution in [0.5, 0.6) is 5.75 Å². The van der Waals surface area contributed by atoms with Gasteiger partial charge in [-0.3, -0.25) is 10.0 Å². The molecule has 0 aliphatic rings. The number of benzene rings is 2. The highest BCUT2D eigenvalue weighted by atomic mass is 16.5. The third-order valence-electron chi connectivity index (χ3n) is 2.78. The third kappa shape index (κ3) is 2.74. The summed E-state index contributed by atoms with van der Waals surface area (Å²) in [5.41, 5.74) is 1.70. The van der Waals surface area contributed by atoms with E-state index in [2.05, 4.69) is 0 Å². The minimum Gasteiger partial charge on any atom is -0.496 e. The van der Waals surface area contributed by atoms with Crippen molar-refractivity contribution in [1.82, 2.24) is 0 Å². The lowest BCUT2D eigenvalue weighted by Gasteiger charge is -2.16. The number of carbonyl (C=O) groups is 1. The van der Waals surface area contributed by atoms with Crippen molar-refractivity contribution in [3.8, 4) is 5.75 Å². The van der Waals surface area contributed by atoms with E-state index in [0.717, 1.165) is 5.56 Å². The van der Waals surface area contributed by atoms with E-state index in [1.165, 1.54) is 7.11 Å². The molecule has 0 saturated carbocycles. The maximum absolute atomic E-state index is 12.2. The molecule has 1 N–H and O–H groups in total. The smallest absolute Gasteiger partial charge is 0.285 e. The van der Waals surface area contributed by atoms with Crippen molar-refractivity contribution >= 4 is 11.6 Å². The molecule has 0 atom stereocenters. The predicted molar refractivity (Wildman–Crippen MR) is 72.8 cm³/mol. The molecule has 1 amide bonds. The first-order valence-electron chi connectivity index (χ1n) is 5.86. The molecule has 0 radical (unpaired) electrons. The molecule has 0 fully saturated rings. The van der Waals surface area contributed by atoms with Gasteiger partial charge in [0, 0.05) is 0 Å². The number of anilines is 1. The Hall–Kier alpha value is -2.33. The van der Waals surface area contributed by atoms with Crippen LogP contribution in [-0.2, 0) is 0 Å². The van der Waals surface area contributed by atoms with Gasteiger partial charge in [-0.15, -0.1) is 0 Å². The number of hydrogen-bond acceptors (Lipinski definition) is 3. The van der Waals surface area contributed by atoms with Gasteiger partial charge in [0.2, 0.25) is 0 Å². The molecule has 2 aromatic rings. The van der Waals surface area contributed by atoms with Crippen molar-refractivity contribution in [2.45, 2.75) is 6.92 Å². The summed E-state index contributed by atoms with van der Waals surface area (Å²) in [5.74, 6) is -0.0951. The molecule has 0 bridgehead atoms. The van der Waals surface area contributed by atoms with Crippen LogP contribution in [0.2, 0.25) is 0 Å². The number of carbonyl (C=O) groups excluding carboxylic acids is 1. The average molecular weight is 257 g/mol. The Morgan fingerprint density at radius 3 is 2.58 bits per heavy atom. The minimum absolute atomic E-state index is 0.314. The van der Waals surface area contributed by atoms with E-state index in [9.17, 15) is 10.0 Å². The number of ether oxygens (including phenoxy) is 1. The number of hydroxylamine groups is 1. The number of methoxy groups -OCH3 is 1. The number of nitrogens with zero attached hydrogens (tertiary/aromatic N) is 1. The Morgan fingerprint density at radius 1 is 1.16 bits per heavy atom. The van der Waals surface area contributed by atoms with Crippen LogP contribution in [0.4, 0.5) is 5.69 Å². The molecule has 0 spiro atoms. The van der Waals surface area contributed by atoms with Crippen LogP contribution >= 0.6 is 0 Å². The van der Waals surface area contributed by atoms with Crippen LogP contribution in [0.1, 0.15) is 15.9 Å². The van der Waals surface area contributed by atoms with Crippen LogP contribution in [-0.4, -0.2) is 18.2 Å². The second kappa shape index (κ2) is 5.54. The molecule has 0 aromatic heterocycles. The van der Waals surface area contributed by atoms with Gasteiger partial charge in [0.05, 0.1) is 18.4 Å². The van der Waals surface area contributed by atoms with E-state index in [0.29, 0.717) is 22.1 Å². The monoisotopic (exact) mass is 257 g/mol. The first kappa shape index (κ1) is 13.1. The van der Waals surface area contributed by atoms with Gasteiger partial charge in [-0.25, -0.2) is 0 Å². The van der Waals surface area contributed by atoms with Gasteiger partial charge < -0.3 is 4.74 Å². The summed E-state index contributed by atoms with van der Waals surface area (Å²) >= 11 is 0. The van der Waals surface area contributed by atoms with Crippen molar-refractivity contribution in [2.75, 3.05) is 12.2 Å². The zero-order valence-corrected chi connectivity index (χ0v) is 10.8. The van der Waals surface area contributed by atoms with Gasteiger partial charge in [0.15, 0.2) is 0 Å². The quantitative estimate of drug-likeness (QED) is 0.679. The standard InChI is InChI=1S/C15H15NO3/c1-11-6-5-7-12(10-11)16(18)15(17)13-8-3-4-9-14(13)19-2/h3-10,18H,1-2H3. The molecule has 0 aliphatic heterocycles. The van der Waals surface area contributed by atoms with Crippen molar-refractivity contribution in [3.63, 3.8) is 0 Å². The molecular formula is C15H15NO3. The van der Waals surface area contributed by atoms with E-state index in [4.69, 9.17) is 4.74 Å². The second-order valence-corrected chi connectivity index (χ2v) is 4.16. The van der Waals surface area contributed by atoms with Gasteiger partial charge in [0.25, 0.3) is 5.91 Å². The Morgan fingerprint density at radius 2 is 1.89 bits per heavy atom. The zero-order valence-electron chi connectivity index (χ0n) is 10.8. The molecule has 4 nitrogen and oxygen atoms in total. The molecule has 4 heteroatoms. The highest BCUT2D eigenvalue weighted by molar-refractivity contribution is 6.06. The van der Waals surface area contributed by atoms with Crippen molar-refractivity contribution in [3.05, 3.63) is 59.7 Å². The maximum atomic E-state index is 12.2. The molecule has 2 rings (SSSR count). The molecule has 0 saturated heterocycles. The zero-order chi connectivity index (χ0) is 13.8. The lowest BCUT2D eigenvalue weighted by Crippen LogP contribution is -2.27. The summed E-state index contributed by atoms with van der Waals surface area (Å²) in [7, 11) is 1.49. The fraction of sp³-hybridized carbons (Fsp3) is 0.133. The largest absolute Gasteiger partial charge is 0.496 e. The SMILES string of the molecule is COc1ccccc1C(=O)N(O)c1cccc(C)c1. The first-order chi connectivity index (χ1) is 9.13. The van der Waals surface area contributed by atoms with Crippen LogP contribution < -0.4 is 9.80 Å². The molecule has 2 aromatic carbocycles. The molecule has 19 heavy (non-hydrogen) atoms. The maximum Gasteiger partial charge on any atom is 0.285 e. The first-order valence-corrected chi connectivity index (χ1v) is 5.86. The number of amides is 1. The van der Waals surface area contributed by atoms with Crippen molar-refractivity contribution < 1.29 is 14.7 Å². The summed E-state index contributed by atoms with van der Waals surface area (Å²) in [4.78, 5) is 12.2. The predicted octanol–water partition coefficient (Wildman–Crippen LogP) is 3.04. The van der Waals surface area contributed by atoms with Crippen LogP contribution in [0.15, 0.2) is 48.5 Å². The van der Waals surface area contributed by atoms with Crippen molar-refractivity contribution in [2.24, 2.45) is 0 Å². The topological polar surface area (TPSA) is 49.8 Å². The summed E-state index contributed by atoms with van der Waals surface area (Å²) < 4.78 is 5.12. The van der Waals surface area contributed by atoms with E-state index in [1.54, 1.807) is 42.5 Å². The summed E-state index contributed by atoms with van der Waals surface area (Å²) in [6.45, 7) is 1.89. The molecule has 0 unspecified atom stereocenters. The van der Waals surface area contributed by atoms with Gasteiger partial charge >= 0.3 is 0 Å². The Balaban J connectivity index is 2.33.